The van der Waals surface area contributed by atoms with E-state index in [9.17, 15) is 15.2 Å². The molecule has 6 nitrogen and oxygen atoms in total. The Labute approximate surface area is 105 Å². The van der Waals surface area contributed by atoms with E-state index in [1.165, 1.54) is 6.07 Å². The van der Waals surface area contributed by atoms with Gasteiger partial charge in [0.15, 0.2) is 0 Å². The molecule has 1 heterocycles. The van der Waals surface area contributed by atoms with E-state index in [0.717, 1.165) is 24.9 Å². The maximum absolute atomic E-state index is 10.8. The second-order valence-electron chi connectivity index (χ2n) is 4.68. The minimum atomic E-state index is -0.468. The summed E-state index contributed by atoms with van der Waals surface area (Å²) in [5.41, 5.74) is 6.53. The Morgan fingerprint density at radius 2 is 2.33 bits per heavy atom. The molecule has 0 saturated carbocycles. The van der Waals surface area contributed by atoms with Crippen molar-refractivity contribution < 1.29 is 10.0 Å². The van der Waals surface area contributed by atoms with Gasteiger partial charge in [-0.1, -0.05) is 6.07 Å². The Hall–Kier alpha value is -1.66. The van der Waals surface area contributed by atoms with Crippen molar-refractivity contribution in [2.75, 3.05) is 18.8 Å². The van der Waals surface area contributed by atoms with Crippen LogP contribution < -0.4 is 5.73 Å². The van der Waals surface area contributed by atoms with E-state index in [4.69, 9.17) is 5.73 Å². The number of nitro benzene ring substituents is 1. The van der Waals surface area contributed by atoms with Gasteiger partial charge in [-0.15, -0.1) is 0 Å². The van der Waals surface area contributed by atoms with Crippen LogP contribution in [0, 0.1) is 10.1 Å². The van der Waals surface area contributed by atoms with Gasteiger partial charge in [0.2, 0.25) is 0 Å². The van der Waals surface area contributed by atoms with Gasteiger partial charge in [-0.2, -0.15) is 0 Å². The first-order valence-electron chi connectivity index (χ1n) is 5.99. The number of hydrogen-bond acceptors (Lipinski definition) is 5. The zero-order valence-corrected chi connectivity index (χ0v) is 10.1. The lowest BCUT2D eigenvalue weighted by atomic mass is 10.1. The van der Waals surface area contributed by atoms with E-state index in [0.29, 0.717) is 13.1 Å². The molecular weight excluding hydrogens is 234 g/mol. The predicted octanol–water partition coefficient (Wildman–Crippen LogP) is 1.13. The average molecular weight is 251 g/mol. The standard InChI is InChI=1S/C12H17N3O3/c13-11-4-3-9(6-12(11)15(17)18)7-14-5-1-2-10(16)8-14/h3-4,6,10,16H,1-2,5,7-8,13H2. The molecule has 1 aromatic carbocycles. The number of β-amino-alcohol motifs (C(OH)–C–C–N with tert-alkyl or cyclic N) is 1. The van der Waals surface area contributed by atoms with Crippen LogP contribution in [-0.4, -0.2) is 34.1 Å². The van der Waals surface area contributed by atoms with Crippen LogP contribution in [-0.2, 0) is 6.54 Å². The molecular formula is C12H17N3O3. The molecule has 6 heteroatoms. The van der Waals surface area contributed by atoms with Crippen LogP contribution in [0.2, 0.25) is 0 Å². The van der Waals surface area contributed by atoms with Gasteiger partial charge < -0.3 is 10.8 Å². The van der Waals surface area contributed by atoms with Crippen molar-refractivity contribution in [3.63, 3.8) is 0 Å². The molecule has 2 rings (SSSR count). The van der Waals surface area contributed by atoms with Crippen molar-refractivity contribution in [3.05, 3.63) is 33.9 Å². The molecule has 0 spiro atoms. The summed E-state index contributed by atoms with van der Waals surface area (Å²) in [5.74, 6) is 0. The van der Waals surface area contributed by atoms with Gasteiger partial charge in [0.05, 0.1) is 11.0 Å². The first kappa shape index (κ1) is 12.8. The molecule has 1 aliphatic heterocycles. The molecule has 18 heavy (non-hydrogen) atoms. The summed E-state index contributed by atoms with van der Waals surface area (Å²) in [7, 11) is 0. The van der Waals surface area contributed by atoms with E-state index in [1.54, 1.807) is 12.1 Å². The van der Waals surface area contributed by atoms with Crippen LogP contribution in [0.15, 0.2) is 18.2 Å². The Balaban J connectivity index is 2.09. The number of nitrogens with two attached hydrogens (primary N) is 1. The fourth-order valence-electron chi connectivity index (χ4n) is 2.28. The summed E-state index contributed by atoms with van der Waals surface area (Å²) >= 11 is 0. The van der Waals surface area contributed by atoms with Gasteiger partial charge in [0.1, 0.15) is 5.69 Å². The molecule has 1 aromatic rings. The number of rotatable bonds is 3. The van der Waals surface area contributed by atoms with Gasteiger partial charge >= 0.3 is 0 Å². The Morgan fingerprint density at radius 3 is 3.00 bits per heavy atom. The van der Waals surface area contributed by atoms with E-state index >= 15 is 0 Å². The summed E-state index contributed by atoms with van der Waals surface area (Å²) in [6.07, 6.45) is 1.50. The topological polar surface area (TPSA) is 92.6 Å². The molecule has 1 saturated heterocycles. The second-order valence-corrected chi connectivity index (χ2v) is 4.68. The number of aliphatic hydroxyl groups excluding tert-OH is 1. The molecule has 0 aromatic heterocycles. The highest BCUT2D eigenvalue weighted by molar-refractivity contribution is 5.59. The maximum atomic E-state index is 10.8. The van der Waals surface area contributed by atoms with Crippen molar-refractivity contribution in [2.45, 2.75) is 25.5 Å². The van der Waals surface area contributed by atoms with Gasteiger partial charge in [-0.25, -0.2) is 0 Å². The summed E-state index contributed by atoms with van der Waals surface area (Å²) in [6.45, 7) is 2.14. The molecule has 1 fully saturated rings. The second kappa shape index (κ2) is 5.32. The minimum Gasteiger partial charge on any atom is -0.393 e. The van der Waals surface area contributed by atoms with Crippen LogP contribution in [0.3, 0.4) is 0 Å². The number of nitrogens with zero attached hydrogens (tertiary/aromatic N) is 2. The Kier molecular flexibility index (Phi) is 3.78. The largest absolute Gasteiger partial charge is 0.393 e. The highest BCUT2D eigenvalue weighted by atomic mass is 16.6. The number of benzene rings is 1. The van der Waals surface area contributed by atoms with Crippen molar-refractivity contribution in [2.24, 2.45) is 0 Å². The van der Waals surface area contributed by atoms with Gasteiger partial charge in [0.25, 0.3) is 5.69 Å². The molecule has 0 amide bonds. The van der Waals surface area contributed by atoms with Crippen LogP contribution >= 0.6 is 0 Å². The number of piperidine rings is 1. The summed E-state index contributed by atoms with van der Waals surface area (Å²) in [5, 5.41) is 20.4. The van der Waals surface area contributed by atoms with Gasteiger partial charge in [-0.05, 0) is 31.0 Å². The lowest BCUT2D eigenvalue weighted by Crippen LogP contribution is -2.37. The Bertz CT molecular complexity index is 450. The summed E-state index contributed by atoms with van der Waals surface area (Å²) < 4.78 is 0. The first-order chi connectivity index (χ1) is 8.56. The lowest BCUT2D eigenvalue weighted by Gasteiger charge is -2.29. The fraction of sp³-hybridized carbons (Fsp3) is 0.500. The molecule has 0 radical (unpaired) electrons. The number of anilines is 1. The summed E-state index contributed by atoms with van der Waals surface area (Å²) in [4.78, 5) is 12.4. The Morgan fingerprint density at radius 1 is 1.56 bits per heavy atom. The van der Waals surface area contributed by atoms with E-state index in [-0.39, 0.29) is 17.5 Å². The minimum absolute atomic E-state index is 0.0509. The van der Waals surface area contributed by atoms with Crippen molar-refractivity contribution in [1.82, 2.24) is 4.90 Å². The number of hydrogen-bond donors (Lipinski definition) is 2. The van der Waals surface area contributed by atoms with Crippen LogP contribution in [0.1, 0.15) is 18.4 Å². The van der Waals surface area contributed by atoms with Crippen molar-refractivity contribution >= 4 is 11.4 Å². The maximum Gasteiger partial charge on any atom is 0.292 e. The zero-order chi connectivity index (χ0) is 13.1. The average Bonchev–Trinajstić information content (AvgIpc) is 2.31. The SMILES string of the molecule is Nc1ccc(CN2CCCC(O)C2)cc1[N+](=O)[O-]. The molecule has 1 aliphatic rings. The van der Waals surface area contributed by atoms with E-state index in [1.807, 2.05) is 0 Å². The molecule has 0 aliphatic carbocycles. The molecule has 3 N–H and O–H groups in total. The van der Waals surface area contributed by atoms with E-state index < -0.39 is 4.92 Å². The van der Waals surface area contributed by atoms with E-state index in [2.05, 4.69) is 4.90 Å². The third-order valence-electron chi connectivity index (χ3n) is 3.18. The predicted molar refractivity (Wildman–Crippen MR) is 68.0 cm³/mol. The highest BCUT2D eigenvalue weighted by Gasteiger charge is 2.19. The normalized spacial score (nSPS) is 20.8. The quantitative estimate of drug-likeness (QED) is 0.477. The van der Waals surface area contributed by atoms with Crippen molar-refractivity contribution in [3.8, 4) is 0 Å². The van der Waals surface area contributed by atoms with Gasteiger partial charge in [-0.3, -0.25) is 15.0 Å². The number of nitro groups is 1. The third-order valence-corrected chi connectivity index (χ3v) is 3.18. The summed E-state index contributed by atoms with van der Waals surface area (Å²) in [6, 6.07) is 4.87. The lowest BCUT2D eigenvalue weighted by molar-refractivity contribution is -0.384. The monoisotopic (exact) mass is 251 g/mol. The molecule has 1 atom stereocenters. The molecule has 0 bridgehead atoms. The van der Waals surface area contributed by atoms with Crippen LogP contribution in [0.4, 0.5) is 11.4 Å². The first-order valence-corrected chi connectivity index (χ1v) is 5.99. The smallest absolute Gasteiger partial charge is 0.292 e. The fourth-order valence-corrected chi connectivity index (χ4v) is 2.28. The molecule has 98 valence electrons. The number of aliphatic hydroxyl groups is 1. The van der Waals surface area contributed by atoms with Crippen LogP contribution in [0.25, 0.3) is 0 Å². The number of likely N-dealkylation sites (tertiary alicyclic amines) is 1. The third kappa shape index (κ3) is 2.96. The zero-order valence-electron chi connectivity index (χ0n) is 10.1. The van der Waals surface area contributed by atoms with Crippen molar-refractivity contribution in [1.29, 1.82) is 0 Å². The van der Waals surface area contributed by atoms with Crippen LogP contribution in [0.5, 0.6) is 0 Å². The highest BCUT2D eigenvalue weighted by Crippen LogP contribution is 2.23. The molecule has 1 unspecified atom stereocenters. The number of nitrogen functional groups attached to an aromatic ring is 1. The van der Waals surface area contributed by atoms with Gasteiger partial charge in [0, 0.05) is 19.2 Å².